The number of Topliss-reactive ketones (excluding diaryl/α,β-unsaturated/α-hetero) is 1. The molecule has 2 N–H and O–H groups in total. The van der Waals surface area contributed by atoms with E-state index in [1.807, 2.05) is 18.2 Å². The Kier molecular flexibility index (Phi) is 5.90. The Morgan fingerprint density at radius 3 is 2.72 bits per heavy atom. The van der Waals surface area contributed by atoms with E-state index in [0.29, 0.717) is 17.3 Å². The molecule has 1 saturated carbocycles. The zero-order chi connectivity index (χ0) is 23.0. The summed E-state index contributed by atoms with van der Waals surface area (Å²) >= 11 is 6.18. The third-order valence-corrected chi connectivity index (χ3v) is 6.21. The Morgan fingerprint density at radius 1 is 1.31 bits per heavy atom. The van der Waals surface area contributed by atoms with Crippen LogP contribution in [0.3, 0.4) is 0 Å². The van der Waals surface area contributed by atoms with E-state index in [1.165, 1.54) is 12.8 Å². The smallest absolute Gasteiger partial charge is 0.252 e. The third-order valence-electron chi connectivity index (χ3n) is 5.93. The fourth-order valence-electron chi connectivity index (χ4n) is 3.82. The number of anilines is 3. The number of pyridine rings is 2. The predicted molar refractivity (Wildman–Crippen MR) is 127 cm³/mol. The van der Waals surface area contributed by atoms with Crippen LogP contribution >= 0.6 is 11.6 Å². The second kappa shape index (κ2) is 8.64. The van der Waals surface area contributed by atoms with Gasteiger partial charge in [0.25, 0.3) is 5.56 Å². The molecule has 1 aliphatic rings. The first kappa shape index (κ1) is 21.8. The predicted octanol–water partition coefficient (Wildman–Crippen LogP) is 5.01. The highest BCUT2D eigenvalue weighted by Crippen LogP contribution is 2.35. The van der Waals surface area contributed by atoms with Crippen molar-refractivity contribution >= 4 is 45.3 Å². The van der Waals surface area contributed by atoms with Gasteiger partial charge in [0.15, 0.2) is 5.78 Å². The van der Waals surface area contributed by atoms with E-state index in [0.717, 1.165) is 16.6 Å². The first-order valence-electron chi connectivity index (χ1n) is 10.6. The van der Waals surface area contributed by atoms with Crippen molar-refractivity contribution < 1.29 is 4.79 Å². The zero-order valence-electron chi connectivity index (χ0n) is 18.2. The lowest BCUT2D eigenvalue weighted by atomic mass is 10.1. The van der Waals surface area contributed by atoms with Gasteiger partial charge in [-0.2, -0.15) is 5.26 Å². The maximum Gasteiger partial charge on any atom is 0.252 e. The zero-order valence-corrected chi connectivity index (χ0v) is 19.0. The van der Waals surface area contributed by atoms with Crippen molar-refractivity contribution in [1.82, 2.24) is 9.55 Å². The molecule has 0 aliphatic heterocycles. The van der Waals surface area contributed by atoms with Gasteiger partial charge in [-0.05, 0) is 49.9 Å². The van der Waals surface area contributed by atoms with Gasteiger partial charge >= 0.3 is 0 Å². The Labute approximate surface area is 191 Å². The summed E-state index contributed by atoms with van der Waals surface area (Å²) in [4.78, 5) is 28.7. The molecule has 0 radical (unpaired) electrons. The van der Waals surface area contributed by atoms with Crippen molar-refractivity contribution in [3.63, 3.8) is 0 Å². The molecular formula is C24H24ClN5O2. The summed E-state index contributed by atoms with van der Waals surface area (Å²) < 4.78 is 1.61. The van der Waals surface area contributed by atoms with Crippen molar-refractivity contribution in [2.24, 2.45) is 13.0 Å². The maximum absolute atomic E-state index is 12.5. The van der Waals surface area contributed by atoms with Gasteiger partial charge in [0, 0.05) is 42.3 Å². The lowest BCUT2D eigenvalue weighted by Crippen LogP contribution is -2.22. The number of carbonyl (C=O) groups excluding carboxylic acids is 1. The van der Waals surface area contributed by atoms with Crippen LogP contribution in [-0.2, 0) is 7.05 Å². The van der Waals surface area contributed by atoms with Gasteiger partial charge in [-0.15, -0.1) is 0 Å². The molecule has 3 aromatic rings. The standard InChI is InChI=1S/C24H24ClN5O2/c1-4-22(31)20-10-18(17(12-26)24(25)29-20)28-15-7-8-21-16(9-15)19(11-23(32)30(21)3)27-13(2)14-5-6-14/h7-11,13-14,27H,4-6H2,1-3H3,(H,28,29). The van der Waals surface area contributed by atoms with Crippen LogP contribution in [0.2, 0.25) is 5.15 Å². The van der Waals surface area contributed by atoms with Crippen LogP contribution in [-0.4, -0.2) is 21.4 Å². The fraction of sp³-hybridized carbons (Fsp3) is 0.333. The number of benzene rings is 1. The van der Waals surface area contributed by atoms with Gasteiger partial charge in [0.2, 0.25) is 0 Å². The number of hydrogen-bond acceptors (Lipinski definition) is 6. The normalized spacial score (nSPS) is 14.1. The van der Waals surface area contributed by atoms with E-state index in [2.05, 4.69) is 28.6 Å². The molecule has 1 atom stereocenters. The SMILES string of the molecule is CCC(=O)c1cc(Nc2ccc3c(c2)c(NC(C)C2CC2)cc(=O)n3C)c(C#N)c(Cl)n1. The molecule has 1 aliphatic carbocycles. The number of nitrogens with zero attached hydrogens (tertiary/aromatic N) is 3. The number of aromatic nitrogens is 2. The lowest BCUT2D eigenvalue weighted by Gasteiger charge is -2.18. The third kappa shape index (κ3) is 4.19. The number of nitrogens with one attached hydrogen (secondary N) is 2. The lowest BCUT2D eigenvalue weighted by molar-refractivity contribution is 0.0983. The summed E-state index contributed by atoms with van der Waals surface area (Å²) in [6.45, 7) is 3.88. The summed E-state index contributed by atoms with van der Waals surface area (Å²) in [5.74, 6) is 0.468. The first-order valence-corrected chi connectivity index (χ1v) is 11.0. The van der Waals surface area contributed by atoms with E-state index in [4.69, 9.17) is 11.6 Å². The number of nitriles is 1. The molecule has 0 bridgehead atoms. The minimum absolute atomic E-state index is 0.0156. The number of fused-ring (bicyclic) bond motifs is 1. The van der Waals surface area contributed by atoms with Crippen LogP contribution < -0.4 is 16.2 Å². The monoisotopic (exact) mass is 449 g/mol. The molecule has 0 saturated heterocycles. The Balaban J connectivity index is 1.78. The van der Waals surface area contributed by atoms with Crippen molar-refractivity contribution in [3.05, 3.63) is 57.1 Å². The highest BCUT2D eigenvalue weighted by atomic mass is 35.5. The first-order chi connectivity index (χ1) is 15.3. The molecule has 7 nitrogen and oxygen atoms in total. The van der Waals surface area contributed by atoms with Crippen molar-refractivity contribution in [1.29, 1.82) is 5.26 Å². The van der Waals surface area contributed by atoms with Crippen LogP contribution in [0.25, 0.3) is 10.9 Å². The minimum Gasteiger partial charge on any atom is -0.382 e. The largest absolute Gasteiger partial charge is 0.382 e. The summed E-state index contributed by atoms with van der Waals surface area (Å²) in [5.41, 5.74) is 2.98. The Hall–Kier alpha value is -3.37. The van der Waals surface area contributed by atoms with Crippen LogP contribution in [0.5, 0.6) is 0 Å². The summed E-state index contributed by atoms with van der Waals surface area (Å²) in [7, 11) is 1.74. The number of aryl methyl sites for hydroxylation is 1. The molecule has 164 valence electrons. The average molecular weight is 450 g/mol. The van der Waals surface area contributed by atoms with Crippen LogP contribution in [0.15, 0.2) is 35.1 Å². The minimum atomic E-state index is -0.159. The van der Waals surface area contributed by atoms with Gasteiger partial charge in [0.05, 0.1) is 11.2 Å². The summed E-state index contributed by atoms with van der Waals surface area (Å²) in [5, 5.41) is 17.1. The number of rotatable bonds is 7. The van der Waals surface area contributed by atoms with Gasteiger partial charge in [-0.3, -0.25) is 9.59 Å². The highest BCUT2D eigenvalue weighted by molar-refractivity contribution is 6.31. The van der Waals surface area contributed by atoms with Gasteiger partial charge < -0.3 is 15.2 Å². The van der Waals surface area contributed by atoms with E-state index >= 15 is 0 Å². The molecule has 32 heavy (non-hydrogen) atoms. The summed E-state index contributed by atoms with van der Waals surface area (Å²) in [6, 6.07) is 11.1. The van der Waals surface area contributed by atoms with Crippen molar-refractivity contribution in [2.75, 3.05) is 10.6 Å². The highest BCUT2D eigenvalue weighted by Gasteiger charge is 2.28. The van der Waals surface area contributed by atoms with E-state index < -0.39 is 0 Å². The Morgan fingerprint density at radius 2 is 2.06 bits per heavy atom. The quantitative estimate of drug-likeness (QED) is 0.388. The molecule has 1 unspecified atom stereocenters. The number of halogens is 1. The molecule has 4 rings (SSSR count). The number of hydrogen-bond donors (Lipinski definition) is 2. The van der Waals surface area contributed by atoms with E-state index in [9.17, 15) is 14.9 Å². The molecule has 8 heteroatoms. The van der Waals surface area contributed by atoms with Crippen LogP contribution in [0.4, 0.5) is 17.1 Å². The van der Waals surface area contributed by atoms with Gasteiger partial charge in [-0.1, -0.05) is 18.5 Å². The molecule has 0 spiro atoms. The molecule has 2 aromatic heterocycles. The van der Waals surface area contributed by atoms with E-state index in [1.54, 1.807) is 30.7 Å². The van der Waals surface area contributed by atoms with Gasteiger partial charge in [-0.25, -0.2) is 4.98 Å². The second-order valence-electron chi connectivity index (χ2n) is 8.19. The Bertz CT molecular complexity index is 1320. The molecule has 0 amide bonds. The van der Waals surface area contributed by atoms with Crippen molar-refractivity contribution in [2.45, 2.75) is 39.2 Å². The van der Waals surface area contributed by atoms with Gasteiger partial charge in [0.1, 0.15) is 22.5 Å². The average Bonchev–Trinajstić information content (AvgIpc) is 3.62. The van der Waals surface area contributed by atoms with Crippen LogP contribution in [0.1, 0.15) is 49.2 Å². The molecular weight excluding hydrogens is 426 g/mol. The fourth-order valence-corrected chi connectivity index (χ4v) is 4.05. The summed E-state index contributed by atoms with van der Waals surface area (Å²) in [6.07, 6.45) is 2.68. The molecule has 2 heterocycles. The van der Waals surface area contributed by atoms with E-state index in [-0.39, 0.29) is 40.2 Å². The second-order valence-corrected chi connectivity index (χ2v) is 8.55. The number of ketones is 1. The molecule has 1 aromatic carbocycles. The number of carbonyl (C=O) groups is 1. The van der Waals surface area contributed by atoms with Crippen molar-refractivity contribution in [3.8, 4) is 6.07 Å². The maximum atomic E-state index is 12.5. The topological polar surface area (TPSA) is 99.8 Å². The molecule has 1 fully saturated rings. The van der Waals surface area contributed by atoms with Crippen LogP contribution in [0, 0.1) is 17.2 Å².